The molecule has 1 aliphatic rings. The Morgan fingerprint density at radius 3 is 2.51 bits per heavy atom. The van der Waals surface area contributed by atoms with Crippen LogP contribution in [0.2, 0.25) is 0 Å². The Morgan fingerprint density at radius 2 is 1.79 bits per heavy atom. The molecule has 0 saturated carbocycles. The van der Waals surface area contributed by atoms with Gasteiger partial charge in [0.25, 0.3) is 0 Å². The predicted octanol–water partition coefficient (Wildman–Crippen LogP) is 4.92. The minimum absolute atomic E-state index is 0.00856. The van der Waals surface area contributed by atoms with Crippen LogP contribution in [-0.4, -0.2) is 60.7 Å². The number of piperidine rings is 1. The van der Waals surface area contributed by atoms with Gasteiger partial charge >= 0.3 is 6.09 Å². The number of carbonyl (C=O) groups is 2. The van der Waals surface area contributed by atoms with E-state index in [9.17, 15) is 9.59 Å². The number of rotatable bonds is 7. The minimum Gasteiger partial charge on any atom is -0.465 e. The SMILES string of the molecule is CC(=O)Nc1cccc(-c2ccc3nc(-c4cccnc4N)n(-c4ccc(CN5CCC(NC(=O)O)CC5)cc4)c3n2)c1. The molecule has 2 aromatic carbocycles. The Kier molecular flexibility index (Phi) is 7.71. The van der Waals surface area contributed by atoms with Crippen molar-refractivity contribution >= 4 is 34.7 Å². The van der Waals surface area contributed by atoms with Crippen molar-refractivity contribution in [1.29, 1.82) is 0 Å². The molecule has 0 bridgehead atoms. The van der Waals surface area contributed by atoms with E-state index in [4.69, 9.17) is 20.8 Å². The zero-order valence-corrected chi connectivity index (χ0v) is 23.7. The maximum Gasteiger partial charge on any atom is 0.404 e. The van der Waals surface area contributed by atoms with Crippen LogP contribution in [0.4, 0.5) is 16.3 Å². The van der Waals surface area contributed by atoms with Crippen molar-refractivity contribution in [1.82, 2.24) is 29.7 Å². The Morgan fingerprint density at radius 1 is 1.00 bits per heavy atom. The first-order valence-electron chi connectivity index (χ1n) is 14.1. The van der Waals surface area contributed by atoms with E-state index < -0.39 is 6.09 Å². The van der Waals surface area contributed by atoms with Crippen molar-refractivity contribution in [3.63, 3.8) is 0 Å². The van der Waals surface area contributed by atoms with Crippen LogP contribution in [0.25, 0.3) is 39.5 Å². The van der Waals surface area contributed by atoms with Crippen molar-refractivity contribution in [2.75, 3.05) is 24.1 Å². The summed E-state index contributed by atoms with van der Waals surface area (Å²) in [6.07, 6.45) is 2.28. The molecular formula is C32H32N8O3. The quantitative estimate of drug-likeness (QED) is 0.213. The van der Waals surface area contributed by atoms with Crippen LogP contribution < -0.4 is 16.4 Å². The summed E-state index contributed by atoms with van der Waals surface area (Å²) in [5.41, 5.74) is 12.7. The van der Waals surface area contributed by atoms with Gasteiger partial charge in [-0.05, 0) is 66.9 Å². The lowest BCUT2D eigenvalue weighted by Gasteiger charge is -2.31. The number of imidazole rings is 1. The summed E-state index contributed by atoms with van der Waals surface area (Å²) in [5, 5.41) is 14.4. The van der Waals surface area contributed by atoms with Gasteiger partial charge in [0.15, 0.2) is 11.5 Å². The number of benzene rings is 2. The molecule has 218 valence electrons. The number of nitrogen functional groups attached to an aromatic ring is 1. The van der Waals surface area contributed by atoms with Crippen LogP contribution in [-0.2, 0) is 11.3 Å². The Labute approximate surface area is 248 Å². The van der Waals surface area contributed by atoms with Gasteiger partial charge in [-0.3, -0.25) is 14.3 Å². The summed E-state index contributed by atoms with van der Waals surface area (Å²) in [6.45, 7) is 3.92. The molecular weight excluding hydrogens is 544 g/mol. The topological polar surface area (TPSA) is 151 Å². The highest BCUT2D eigenvalue weighted by atomic mass is 16.4. The van der Waals surface area contributed by atoms with Crippen LogP contribution in [0.5, 0.6) is 0 Å². The van der Waals surface area contributed by atoms with E-state index in [1.54, 1.807) is 6.20 Å². The molecule has 5 aromatic rings. The van der Waals surface area contributed by atoms with Crippen molar-refractivity contribution < 1.29 is 14.7 Å². The fourth-order valence-electron chi connectivity index (χ4n) is 5.53. The van der Waals surface area contributed by atoms with Gasteiger partial charge in [-0.2, -0.15) is 0 Å². The molecule has 4 heterocycles. The van der Waals surface area contributed by atoms with Gasteiger partial charge in [-0.1, -0.05) is 24.3 Å². The molecule has 11 nitrogen and oxygen atoms in total. The van der Waals surface area contributed by atoms with Crippen molar-refractivity contribution in [3.8, 4) is 28.3 Å². The van der Waals surface area contributed by atoms with E-state index in [0.29, 0.717) is 34.1 Å². The smallest absolute Gasteiger partial charge is 0.404 e. The first-order chi connectivity index (χ1) is 20.8. The molecule has 0 spiro atoms. The van der Waals surface area contributed by atoms with E-state index in [2.05, 4.69) is 44.8 Å². The minimum atomic E-state index is -0.964. The second-order valence-corrected chi connectivity index (χ2v) is 10.7. The molecule has 3 aromatic heterocycles. The summed E-state index contributed by atoms with van der Waals surface area (Å²) in [4.78, 5) is 39.2. The highest BCUT2D eigenvalue weighted by Crippen LogP contribution is 2.32. The summed E-state index contributed by atoms with van der Waals surface area (Å²) < 4.78 is 2.00. The molecule has 11 heteroatoms. The van der Waals surface area contributed by atoms with E-state index in [1.165, 1.54) is 6.92 Å². The Bertz CT molecular complexity index is 1790. The molecule has 1 fully saturated rings. The Hall–Kier alpha value is -5.29. The molecule has 0 atom stereocenters. The van der Waals surface area contributed by atoms with Gasteiger partial charge in [0, 0.05) is 55.7 Å². The number of likely N-dealkylation sites (tertiary alicyclic amines) is 1. The van der Waals surface area contributed by atoms with Gasteiger partial charge in [0.2, 0.25) is 5.91 Å². The lowest BCUT2D eigenvalue weighted by Crippen LogP contribution is -2.43. The number of hydrogen-bond acceptors (Lipinski definition) is 7. The zero-order chi connectivity index (χ0) is 29.9. The highest BCUT2D eigenvalue weighted by molar-refractivity contribution is 5.90. The highest BCUT2D eigenvalue weighted by Gasteiger charge is 2.21. The molecule has 0 radical (unpaired) electrons. The number of anilines is 2. The zero-order valence-electron chi connectivity index (χ0n) is 23.7. The second-order valence-electron chi connectivity index (χ2n) is 10.7. The van der Waals surface area contributed by atoms with Crippen LogP contribution >= 0.6 is 0 Å². The number of nitrogens with two attached hydrogens (primary N) is 1. The van der Waals surface area contributed by atoms with E-state index in [0.717, 1.165) is 55.0 Å². The third-order valence-corrected chi connectivity index (χ3v) is 7.58. The lowest BCUT2D eigenvalue weighted by atomic mass is 10.0. The molecule has 6 rings (SSSR count). The van der Waals surface area contributed by atoms with Gasteiger partial charge in [0.05, 0.1) is 11.3 Å². The lowest BCUT2D eigenvalue weighted by molar-refractivity contribution is -0.114. The number of nitrogens with one attached hydrogen (secondary N) is 2. The van der Waals surface area contributed by atoms with Crippen LogP contribution in [0.15, 0.2) is 79.0 Å². The standard InChI is InChI=1S/C32H32N8O3/c1-20(41)35-24-5-2-4-22(18-24)27-11-12-28-31(37-27)40(30(38-28)26-6-3-15-34-29(26)33)25-9-7-21(8-10-25)19-39-16-13-23(14-17-39)36-32(42)43/h2-12,15,18,23,36H,13-14,16-17,19H2,1H3,(H2,33,34)(H,35,41)(H,42,43). The van der Waals surface area contributed by atoms with Crippen LogP contribution in [0.1, 0.15) is 25.3 Å². The summed E-state index contributed by atoms with van der Waals surface area (Å²) in [5.74, 6) is 0.873. The fourth-order valence-corrected chi connectivity index (χ4v) is 5.53. The number of pyridine rings is 2. The van der Waals surface area contributed by atoms with E-state index >= 15 is 0 Å². The van der Waals surface area contributed by atoms with E-state index in [1.807, 2.05) is 53.1 Å². The maximum absolute atomic E-state index is 11.6. The fraction of sp³-hybridized carbons (Fsp3) is 0.219. The summed E-state index contributed by atoms with van der Waals surface area (Å²) in [7, 11) is 0. The summed E-state index contributed by atoms with van der Waals surface area (Å²) in [6, 6.07) is 23.5. The van der Waals surface area contributed by atoms with Crippen molar-refractivity contribution in [2.24, 2.45) is 0 Å². The van der Waals surface area contributed by atoms with Crippen molar-refractivity contribution in [3.05, 3.63) is 84.6 Å². The number of carboxylic acid groups (broad SMARTS) is 1. The third-order valence-electron chi connectivity index (χ3n) is 7.58. The molecule has 0 aliphatic carbocycles. The molecule has 5 N–H and O–H groups in total. The number of aromatic nitrogens is 4. The van der Waals surface area contributed by atoms with Crippen LogP contribution in [0, 0.1) is 0 Å². The van der Waals surface area contributed by atoms with Crippen molar-refractivity contribution in [2.45, 2.75) is 32.4 Å². The van der Waals surface area contributed by atoms with Crippen LogP contribution in [0.3, 0.4) is 0 Å². The first kappa shape index (κ1) is 27.9. The van der Waals surface area contributed by atoms with Gasteiger partial charge in [-0.15, -0.1) is 0 Å². The number of nitrogens with zero attached hydrogens (tertiary/aromatic N) is 5. The first-order valence-corrected chi connectivity index (χ1v) is 14.1. The average Bonchev–Trinajstić information content (AvgIpc) is 3.37. The third kappa shape index (κ3) is 6.16. The number of carbonyl (C=O) groups excluding carboxylic acids is 1. The maximum atomic E-state index is 11.6. The predicted molar refractivity (Wildman–Crippen MR) is 166 cm³/mol. The van der Waals surface area contributed by atoms with Gasteiger partial charge in [0.1, 0.15) is 11.3 Å². The monoisotopic (exact) mass is 576 g/mol. The number of fused-ring (bicyclic) bond motifs is 1. The largest absolute Gasteiger partial charge is 0.465 e. The normalized spacial score (nSPS) is 14.1. The molecule has 1 saturated heterocycles. The Balaban J connectivity index is 1.35. The molecule has 2 amide bonds. The molecule has 43 heavy (non-hydrogen) atoms. The molecule has 1 aliphatic heterocycles. The summed E-state index contributed by atoms with van der Waals surface area (Å²) >= 11 is 0. The molecule has 0 unspecified atom stereocenters. The van der Waals surface area contributed by atoms with E-state index in [-0.39, 0.29) is 11.9 Å². The number of hydrogen-bond donors (Lipinski definition) is 4. The van der Waals surface area contributed by atoms with Gasteiger partial charge < -0.3 is 21.5 Å². The average molecular weight is 577 g/mol. The second kappa shape index (κ2) is 11.9. The number of amides is 2. The van der Waals surface area contributed by atoms with Gasteiger partial charge in [-0.25, -0.2) is 19.7 Å².